The van der Waals surface area contributed by atoms with E-state index in [0.717, 1.165) is 5.56 Å². The summed E-state index contributed by atoms with van der Waals surface area (Å²) in [6.07, 6.45) is -2.21. The summed E-state index contributed by atoms with van der Waals surface area (Å²) in [5, 5.41) is 2.37. The first-order valence-electron chi connectivity index (χ1n) is 7.65. The predicted octanol–water partition coefficient (Wildman–Crippen LogP) is 2.38. The van der Waals surface area contributed by atoms with Crippen LogP contribution in [0.25, 0.3) is 0 Å². The van der Waals surface area contributed by atoms with Gasteiger partial charge in [0.1, 0.15) is 5.75 Å². The molecule has 0 saturated carbocycles. The number of rotatable bonds is 5. The van der Waals surface area contributed by atoms with Crippen molar-refractivity contribution >= 4 is 11.9 Å². The van der Waals surface area contributed by atoms with E-state index < -0.39 is 30.7 Å². The SMILES string of the molecule is [2H]C(C)C([2H])(NC(C)=O)C([2H])c1ccc(C)c(OC(C)=O)c1. The Labute approximate surface area is 118 Å². The summed E-state index contributed by atoms with van der Waals surface area (Å²) in [4.78, 5) is 22.4. The van der Waals surface area contributed by atoms with Crippen molar-refractivity contribution in [2.45, 2.75) is 46.5 Å². The van der Waals surface area contributed by atoms with Crippen LogP contribution in [0.5, 0.6) is 5.75 Å². The van der Waals surface area contributed by atoms with E-state index in [9.17, 15) is 9.59 Å². The largest absolute Gasteiger partial charge is 0.426 e. The van der Waals surface area contributed by atoms with Crippen molar-refractivity contribution in [1.82, 2.24) is 5.32 Å². The second-order valence-corrected chi connectivity index (χ2v) is 4.19. The average Bonchev–Trinajstić information content (AvgIpc) is 2.38. The highest BCUT2D eigenvalue weighted by molar-refractivity contribution is 5.73. The number of hydrogen-bond donors (Lipinski definition) is 1. The lowest BCUT2D eigenvalue weighted by Crippen LogP contribution is -2.34. The van der Waals surface area contributed by atoms with Crippen molar-refractivity contribution < 1.29 is 18.4 Å². The number of carbonyl (C=O) groups is 2. The molecule has 104 valence electrons. The Morgan fingerprint density at radius 3 is 2.68 bits per heavy atom. The minimum absolute atomic E-state index is 0.310. The molecule has 0 fully saturated rings. The molecule has 0 heterocycles. The summed E-state index contributed by atoms with van der Waals surface area (Å²) in [6, 6.07) is 3.02. The van der Waals surface area contributed by atoms with E-state index >= 15 is 0 Å². The molecule has 0 aliphatic heterocycles. The van der Waals surface area contributed by atoms with Crippen LogP contribution in [-0.2, 0) is 16.0 Å². The van der Waals surface area contributed by atoms with Crippen molar-refractivity contribution in [2.75, 3.05) is 0 Å². The molecule has 0 spiro atoms. The summed E-state index contributed by atoms with van der Waals surface area (Å²) in [5.74, 6) is -0.640. The van der Waals surface area contributed by atoms with Crippen LogP contribution in [0.15, 0.2) is 18.2 Å². The fraction of sp³-hybridized carbons (Fsp3) is 0.467. The first-order valence-corrected chi connectivity index (χ1v) is 6.00. The predicted molar refractivity (Wildman–Crippen MR) is 74.1 cm³/mol. The first-order chi connectivity index (χ1) is 10.1. The zero-order valence-corrected chi connectivity index (χ0v) is 11.6. The number of amides is 1. The molecule has 1 aromatic rings. The fourth-order valence-corrected chi connectivity index (χ4v) is 1.55. The normalized spacial score (nSPS) is 19.1. The molecule has 0 aromatic heterocycles. The van der Waals surface area contributed by atoms with Crippen LogP contribution < -0.4 is 10.1 Å². The topological polar surface area (TPSA) is 55.4 Å². The van der Waals surface area contributed by atoms with Crippen molar-refractivity contribution in [3.05, 3.63) is 29.3 Å². The van der Waals surface area contributed by atoms with Gasteiger partial charge in [-0.05, 0) is 36.9 Å². The number of ether oxygens (including phenoxy) is 1. The van der Waals surface area contributed by atoms with Gasteiger partial charge < -0.3 is 10.1 Å². The molecule has 1 aromatic carbocycles. The van der Waals surface area contributed by atoms with Gasteiger partial charge in [-0.2, -0.15) is 0 Å². The molecule has 4 heteroatoms. The van der Waals surface area contributed by atoms with Gasteiger partial charge in [0.05, 0.1) is 1.37 Å². The molecule has 3 atom stereocenters. The highest BCUT2D eigenvalue weighted by Gasteiger charge is 2.10. The molecule has 4 nitrogen and oxygen atoms in total. The van der Waals surface area contributed by atoms with E-state index in [1.165, 1.54) is 26.8 Å². The first kappa shape index (κ1) is 11.0. The van der Waals surface area contributed by atoms with E-state index in [1.807, 2.05) is 0 Å². The number of nitrogens with one attached hydrogen (secondary N) is 1. The fourth-order valence-electron chi connectivity index (χ4n) is 1.55. The van der Waals surface area contributed by atoms with E-state index in [1.54, 1.807) is 19.1 Å². The highest BCUT2D eigenvalue weighted by atomic mass is 16.5. The van der Waals surface area contributed by atoms with Crippen LogP contribution in [0.2, 0.25) is 0 Å². The third kappa shape index (κ3) is 5.12. The van der Waals surface area contributed by atoms with Crippen LogP contribution in [0.4, 0.5) is 0 Å². The lowest BCUT2D eigenvalue weighted by atomic mass is 10.0. The molecule has 3 unspecified atom stereocenters. The Bertz CT molecular complexity index is 577. The number of hydrogen-bond acceptors (Lipinski definition) is 3. The third-order valence-electron chi connectivity index (χ3n) is 2.42. The molecule has 1 N–H and O–H groups in total. The maximum atomic E-state index is 11.3. The average molecular weight is 266 g/mol. The summed E-state index contributed by atoms with van der Waals surface area (Å²) in [7, 11) is 0. The second kappa shape index (κ2) is 6.92. The van der Waals surface area contributed by atoms with E-state index in [4.69, 9.17) is 8.85 Å². The van der Waals surface area contributed by atoms with Gasteiger partial charge in [-0.3, -0.25) is 9.59 Å². The smallest absolute Gasteiger partial charge is 0.308 e. The molecular formula is C15H21NO3. The Morgan fingerprint density at radius 2 is 2.16 bits per heavy atom. The van der Waals surface area contributed by atoms with Gasteiger partial charge in [0.2, 0.25) is 5.91 Å². The molecule has 1 amide bonds. The number of benzene rings is 1. The molecular weight excluding hydrogens is 242 g/mol. The Hall–Kier alpha value is -1.84. The van der Waals surface area contributed by atoms with Gasteiger partial charge in [0, 0.05) is 22.6 Å². The molecule has 0 aliphatic rings. The second-order valence-electron chi connectivity index (χ2n) is 4.19. The van der Waals surface area contributed by atoms with Gasteiger partial charge in [0.15, 0.2) is 0 Å². The zero-order chi connectivity index (χ0) is 17.1. The van der Waals surface area contributed by atoms with Crippen molar-refractivity contribution in [3.8, 4) is 5.75 Å². The lowest BCUT2D eigenvalue weighted by Gasteiger charge is -2.16. The quantitative estimate of drug-likeness (QED) is 0.657. The number of carbonyl (C=O) groups excluding carboxylic acids is 2. The van der Waals surface area contributed by atoms with E-state index in [-0.39, 0.29) is 0 Å². The van der Waals surface area contributed by atoms with Crippen molar-refractivity contribution in [3.63, 3.8) is 0 Å². The van der Waals surface area contributed by atoms with Gasteiger partial charge in [-0.1, -0.05) is 19.1 Å². The Balaban J connectivity index is 3.22. The van der Waals surface area contributed by atoms with Crippen LogP contribution in [-0.4, -0.2) is 17.9 Å². The van der Waals surface area contributed by atoms with Crippen molar-refractivity contribution in [1.29, 1.82) is 0 Å². The number of esters is 1. The maximum Gasteiger partial charge on any atom is 0.308 e. The van der Waals surface area contributed by atoms with Gasteiger partial charge in [-0.15, -0.1) is 0 Å². The Morgan fingerprint density at radius 1 is 1.47 bits per heavy atom. The zero-order valence-electron chi connectivity index (χ0n) is 14.6. The highest BCUT2D eigenvalue weighted by Crippen LogP contribution is 2.21. The molecule has 1 rings (SSSR count). The molecule has 0 saturated heterocycles. The summed E-state index contributed by atoms with van der Waals surface area (Å²) >= 11 is 0. The van der Waals surface area contributed by atoms with E-state index in [2.05, 4.69) is 5.32 Å². The monoisotopic (exact) mass is 266 g/mol. The molecule has 0 radical (unpaired) electrons. The van der Waals surface area contributed by atoms with Crippen LogP contribution in [0.3, 0.4) is 0 Å². The van der Waals surface area contributed by atoms with Crippen LogP contribution in [0, 0.1) is 6.92 Å². The maximum absolute atomic E-state index is 11.3. The van der Waals surface area contributed by atoms with Gasteiger partial charge >= 0.3 is 5.97 Å². The van der Waals surface area contributed by atoms with E-state index in [0.29, 0.717) is 11.3 Å². The molecule has 19 heavy (non-hydrogen) atoms. The van der Waals surface area contributed by atoms with Gasteiger partial charge in [-0.25, -0.2) is 0 Å². The molecule has 0 aliphatic carbocycles. The van der Waals surface area contributed by atoms with Gasteiger partial charge in [0.25, 0.3) is 0 Å². The van der Waals surface area contributed by atoms with Crippen molar-refractivity contribution in [2.24, 2.45) is 0 Å². The lowest BCUT2D eigenvalue weighted by molar-refractivity contribution is -0.132. The minimum Gasteiger partial charge on any atom is -0.426 e. The standard InChI is InChI=1S/C15H21NO3/c1-5-14(16-11(3)17)8-13-7-6-10(2)15(9-13)19-12(4)18/h6-7,9,14H,5,8H2,1-4H3,(H,16,17)/i5D,8D,14D. The summed E-state index contributed by atoms with van der Waals surface area (Å²) in [6.45, 7) is 5.74. The summed E-state index contributed by atoms with van der Waals surface area (Å²) in [5.41, 5.74) is 1.12. The number of aryl methyl sites for hydroxylation is 1. The third-order valence-corrected chi connectivity index (χ3v) is 2.42. The molecule has 0 bridgehead atoms. The summed E-state index contributed by atoms with van der Waals surface area (Å²) < 4.78 is 29.5. The van der Waals surface area contributed by atoms with Crippen LogP contribution >= 0.6 is 0 Å². The van der Waals surface area contributed by atoms with Crippen LogP contribution in [0.1, 0.15) is 42.4 Å². The minimum atomic E-state index is -1.80. The Kier molecular flexibility index (Phi) is 4.02.